The van der Waals surface area contributed by atoms with Crippen molar-refractivity contribution >= 4 is 11.9 Å². The molecule has 0 aliphatic rings. The van der Waals surface area contributed by atoms with Gasteiger partial charge in [-0.2, -0.15) is 0 Å². The molecule has 0 saturated heterocycles. The van der Waals surface area contributed by atoms with Gasteiger partial charge in [-0.1, -0.05) is 6.58 Å². The molecule has 0 bridgehead atoms. The molecule has 0 unspecified atom stereocenters. The van der Waals surface area contributed by atoms with Crippen molar-refractivity contribution in [1.82, 2.24) is 4.90 Å². The number of hydrogen-bond donors (Lipinski definition) is 1. The molecular weight excluding hydrogens is 148 g/mol. The van der Waals surface area contributed by atoms with E-state index in [1.807, 2.05) is 0 Å². The maximum absolute atomic E-state index is 10.8. The third-order valence-corrected chi connectivity index (χ3v) is 0.965. The summed E-state index contributed by atoms with van der Waals surface area (Å²) in [6.07, 6.45) is 0.990. The quantitative estimate of drug-likeness (QED) is 0.452. The molecule has 0 saturated carbocycles. The number of amides is 3. The minimum atomic E-state index is -0.850. The van der Waals surface area contributed by atoms with E-state index < -0.39 is 11.9 Å². The van der Waals surface area contributed by atoms with Gasteiger partial charge < -0.3 is 10.5 Å². The number of imide groups is 1. The molecule has 0 aliphatic carbocycles. The zero-order valence-electron chi connectivity index (χ0n) is 6.24. The van der Waals surface area contributed by atoms with Gasteiger partial charge in [0.15, 0.2) is 0 Å². The van der Waals surface area contributed by atoms with Crippen LogP contribution in [0, 0.1) is 0 Å². The largest absolute Gasteiger partial charge is 0.364 e. The van der Waals surface area contributed by atoms with E-state index >= 15 is 0 Å². The predicted molar refractivity (Wildman–Crippen MR) is 38.5 cm³/mol. The second-order valence-electron chi connectivity index (χ2n) is 1.73. The monoisotopic (exact) mass is 158 g/mol. The molecule has 5 nitrogen and oxygen atoms in total. The first kappa shape index (κ1) is 9.64. The SMILES string of the molecule is C=CC(=O)N(COC)C(N)=O. The molecule has 5 heteroatoms. The van der Waals surface area contributed by atoms with E-state index in [0.717, 1.165) is 11.0 Å². The zero-order valence-corrected chi connectivity index (χ0v) is 6.24. The first-order valence-electron chi connectivity index (χ1n) is 2.85. The average molecular weight is 158 g/mol. The van der Waals surface area contributed by atoms with Crippen LogP contribution in [0.15, 0.2) is 12.7 Å². The minimum absolute atomic E-state index is 0.153. The third kappa shape index (κ3) is 2.81. The van der Waals surface area contributed by atoms with E-state index in [2.05, 4.69) is 11.3 Å². The molecular formula is C6H10N2O3. The molecule has 0 fully saturated rings. The molecule has 11 heavy (non-hydrogen) atoms. The van der Waals surface area contributed by atoms with Crippen LogP contribution >= 0.6 is 0 Å². The predicted octanol–water partition coefficient (Wildman–Crippen LogP) is -0.316. The normalized spacial score (nSPS) is 8.82. The first-order chi connectivity index (χ1) is 5.13. The molecule has 0 aromatic carbocycles. The van der Waals surface area contributed by atoms with Crippen molar-refractivity contribution < 1.29 is 14.3 Å². The van der Waals surface area contributed by atoms with Crippen molar-refractivity contribution in [3.8, 4) is 0 Å². The van der Waals surface area contributed by atoms with Gasteiger partial charge in [0.05, 0.1) is 0 Å². The molecule has 0 atom stereocenters. The van der Waals surface area contributed by atoms with Crippen LogP contribution in [0.4, 0.5) is 4.79 Å². The molecule has 0 heterocycles. The lowest BCUT2D eigenvalue weighted by atomic mass is 10.5. The number of ether oxygens (including phenoxy) is 1. The van der Waals surface area contributed by atoms with Crippen LogP contribution in [0.1, 0.15) is 0 Å². The fourth-order valence-electron chi connectivity index (χ4n) is 0.475. The van der Waals surface area contributed by atoms with Crippen LogP contribution in [0.2, 0.25) is 0 Å². The van der Waals surface area contributed by atoms with Gasteiger partial charge in [0.25, 0.3) is 5.91 Å². The Bertz CT molecular complexity index is 179. The Morgan fingerprint density at radius 1 is 1.73 bits per heavy atom. The lowest BCUT2D eigenvalue weighted by molar-refractivity contribution is -0.126. The fraction of sp³-hybridized carbons (Fsp3) is 0.333. The number of nitrogens with zero attached hydrogens (tertiary/aromatic N) is 1. The highest BCUT2D eigenvalue weighted by atomic mass is 16.5. The Hall–Kier alpha value is -1.36. The molecule has 2 N–H and O–H groups in total. The van der Waals surface area contributed by atoms with E-state index in [1.165, 1.54) is 7.11 Å². The summed E-state index contributed by atoms with van der Waals surface area (Å²) in [4.78, 5) is 22.0. The van der Waals surface area contributed by atoms with E-state index in [0.29, 0.717) is 0 Å². The summed E-state index contributed by atoms with van der Waals surface area (Å²) in [6.45, 7) is 3.04. The van der Waals surface area contributed by atoms with Gasteiger partial charge >= 0.3 is 6.03 Å². The average Bonchev–Trinajstić information content (AvgIpc) is 1.98. The lowest BCUT2D eigenvalue weighted by Gasteiger charge is -2.14. The Kier molecular flexibility index (Phi) is 3.90. The number of urea groups is 1. The summed E-state index contributed by atoms with van der Waals surface area (Å²) >= 11 is 0. The minimum Gasteiger partial charge on any atom is -0.364 e. The summed E-state index contributed by atoms with van der Waals surface area (Å²) < 4.78 is 4.54. The number of carbonyl (C=O) groups excluding carboxylic acids is 2. The van der Waals surface area contributed by atoms with Crippen LogP contribution in [0.3, 0.4) is 0 Å². The molecule has 3 amide bonds. The molecule has 62 valence electrons. The fourth-order valence-corrected chi connectivity index (χ4v) is 0.475. The van der Waals surface area contributed by atoms with Crippen molar-refractivity contribution in [2.45, 2.75) is 0 Å². The van der Waals surface area contributed by atoms with E-state index in [1.54, 1.807) is 0 Å². The first-order valence-corrected chi connectivity index (χ1v) is 2.85. The number of rotatable bonds is 3. The molecule has 0 spiro atoms. The van der Waals surface area contributed by atoms with Gasteiger partial charge in [0.1, 0.15) is 6.73 Å². The van der Waals surface area contributed by atoms with Crippen LogP contribution in [0.25, 0.3) is 0 Å². The highest BCUT2D eigenvalue weighted by molar-refractivity contribution is 5.99. The Balaban J connectivity index is 4.20. The second-order valence-corrected chi connectivity index (χ2v) is 1.73. The summed E-state index contributed by atoms with van der Waals surface area (Å²) in [7, 11) is 1.35. The van der Waals surface area contributed by atoms with Gasteiger partial charge in [-0.15, -0.1) is 0 Å². The van der Waals surface area contributed by atoms with Crippen LogP contribution in [0.5, 0.6) is 0 Å². The van der Waals surface area contributed by atoms with Crippen LogP contribution in [-0.2, 0) is 9.53 Å². The van der Waals surface area contributed by atoms with E-state index in [-0.39, 0.29) is 6.73 Å². The Morgan fingerprint density at radius 3 is 2.55 bits per heavy atom. The molecule has 0 aliphatic heterocycles. The summed E-state index contributed by atoms with van der Waals surface area (Å²) in [5.74, 6) is -0.570. The smallest absolute Gasteiger partial charge is 0.323 e. The molecule has 0 aromatic heterocycles. The number of primary amides is 1. The summed E-state index contributed by atoms with van der Waals surface area (Å²) in [5, 5.41) is 0. The van der Waals surface area contributed by atoms with Crippen LogP contribution < -0.4 is 5.73 Å². The maximum atomic E-state index is 10.8. The van der Waals surface area contributed by atoms with Crippen molar-refractivity contribution in [1.29, 1.82) is 0 Å². The Morgan fingerprint density at radius 2 is 2.27 bits per heavy atom. The van der Waals surface area contributed by atoms with E-state index in [9.17, 15) is 9.59 Å². The Labute approximate surface area is 64.4 Å². The summed E-state index contributed by atoms with van der Waals surface area (Å²) in [6, 6.07) is -0.850. The molecule has 0 radical (unpaired) electrons. The van der Waals surface area contributed by atoms with Gasteiger partial charge in [0.2, 0.25) is 0 Å². The van der Waals surface area contributed by atoms with Crippen molar-refractivity contribution in [3.63, 3.8) is 0 Å². The topological polar surface area (TPSA) is 72.6 Å². The molecule has 0 rings (SSSR count). The second kappa shape index (κ2) is 4.45. The van der Waals surface area contributed by atoms with Crippen LogP contribution in [-0.4, -0.2) is 30.7 Å². The number of methoxy groups -OCH3 is 1. The maximum Gasteiger partial charge on any atom is 0.323 e. The number of nitrogens with two attached hydrogens (primary N) is 1. The lowest BCUT2D eigenvalue weighted by Crippen LogP contribution is -2.40. The van der Waals surface area contributed by atoms with Gasteiger partial charge in [0, 0.05) is 7.11 Å². The third-order valence-electron chi connectivity index (χ3n) is 0.965. The van der Waals surface area contributed by atoms with Gasteiger partial charge in [-0.05, 0) is 6.08 Å². The van der Waals surface area contributed by atoms with Gasteiger partial charge in [-0.25, -0.2) is 9.69 Å². The van der Waals surface area contributed by atoms with Crippen molar-refractivity contribution in [2.75, 3.05) is 13.8 Å². The van der Waals surface area contributed by atoms with Crippen molar-refractivity contribution in [3.05, 3.63) is 12.7 Å². The number of hydrogen-bond acceptors (Lipinski definition) is 3. The standard InChI is InChI=1S/C6H10N2O3/c1-3-5(9)8(4-11-2)6(7)10/h3H,1,4H2,2H3,(H2,7,10). The van der Waals surface area contributed by atoms with E-state index in [4.69, 9.17) is 5.73 Å². The zero-order chi connectivity index (χ0) is 8.85. The summed E-state index contributed by atoms with van der Waals surface area (Å²) in [5.41, 5.74) is 4.84. The number of carbonyl (C=O) groups is 2. The molecule has 0 aromatic rings. The van der Waals surface area contributed by atoms with Crippen molar-refractivity contribution in [2.24, 2.45) is 5.73 Å². The van der Waals surface area contributed by atoms with Gasteiger partial charge in [-0.3, -0.25) is 4.79 Å². The highest BCUT2D eigenvalue weighted by Gasteiger charge is 2.14. The highest BCUT2D eigenvalue weighted by Crippen LogP contribution is 1.89.